The van der Waals surface area contributed by atoms with Crippen LogP contribution in [0.3, 0.4) is 0 Å². The standard InChI is InChI=1S/C12H17N3O3/c16-12(10-2-1-3-10)18-15-9-11(8-13-15)14-4-6-17-7-5-14/h8-10H,1-7H2. The zero-order valence-corrected chi connectivity index (χ0v) is 10.2. The SMILES string of the molecule is O=C(On1cc(N2CCOCC2)cn1)C1CCC1. The maximum atomic E-state index is 11.7. The highest BCUT2D eigenvalue weighted by molar-refractivity contribution is 5.73. The molecule has 0 amide bonds. The zero-order valence-electron chi connectivity index (χ0n) is 10.2. The first kappa shape index (κ1) is 11.5. The van der Waals surface area contributed by atoms with Crippen LogP contribution in [0.2, 0.25) is 0 Å². The van der Waals surface area contributed by atoms with Crippen molar-refractivity contribution in [1.29, 1.82) is 0 Å². The summed E-state index contributed by atoms with van der Waals surface area (Å²) in [6.07, 6.45) is 6.48. The van der Waals surface area contributed by atoms with Gasteiger partial charge < -0.3 is 14.5 Å². The van der Waals surface area contributed by atoms with Gasteiger partial charge in [-0.25, -0.2) is 4.79 Å². The predicted molar refractivity (Wildman–Crippen MR) is 64.2 cm³/mol. The molecule has 1 aromatic rings. The summed E-state index contributed by atoms with van der Waals surface area (Å²) in [5.41, 5.74) is 0.972. The smallest absolute Gasteiger partial charge is 0.337 e. The van der Waals surface area contributed by atoms with Crippen LogP contribution in [0.5, 0.6) is 0 Å². The number of ether oxygens (including phenoxy) is 1. The number of hydrogen-bond donors (Lipinski definition) is 0. The molecule has 6 nitrogen and oxygen atoms in total. The number of aromatic nitrogens is 2. The normalized spacial score (nSPS) is 20.6. The lowest BCUT2D eigenvalue weighted by Gasteiger charge is -2.27. The Morgan fingerprint density at radius 3 is 2.83 bits per heavy atom. The maximum Gasteiger partial charge on any atom is 0.337 e. The first-order chi connectivity index (χ1) is 8.83. The van der Waals surface area contributed by atoms with Crippen molar-refractivity contribution in [3.63, 3.8) is 0 Å². The first-order valence-electron chi connectivity index (χ1n) is 6.42. The summed E-state index contributed by atoms with van der Waals surface area (Å²) in [6.45, 7) is 3.16. The van der Waals surface area contributed by atoms with E-state index in [0.29, 0.717) is 0 Å². The number of morpholine rings is 1. The fourth-order valence-corrected chi connectivity index (χ4v) is 2.14. The van der Waals surface area contributed by atoms with Crippen LogP contribution in [0.15, 0.2) is 12.4 Å². The van der Waals surface area contributed by atoms with Crippen LogP contribution >= 0.6 is 0 Å². The molecule has 1 saturated heterocycles. The van der Waals surface area contributed by atoms with Gasteiger partial charge in [-0.05, 0) is 12.8 Å². The van der Waals surface area contributed by atoms with Crippen molar-refractivity contribution >= 4 is 11.7 Å². The lowest BCUT2D eigenvalue weighted by atomic mass is 9.86. The minimum atomic E-state index is -0.169. The largest absolute Gasteiger partial charge is 0.378 e. The first-order valence-corrected chi connectivity index (χ1v) is 6.42. The van der Waals surface area contributed by atoms with Gasteiger partial charge in [0.05, 0.1) is 37.2 Å². The van der Waals surface area contributed by atoms with E-state index in [-0.39, 0.29) is 11.9 Å². The van der Waals surface area contributed by atoms with Crippen LogP contribution in [-0.2, 0) is 9.53 Å². The molecule has 0 N–H and O–H groups in total. The summed E-state index contributed by atoms with van der Waals surface area (Å²) >= 11 is 0. The van der Waals surface area contributed by atoms with Gasteiger partial charge in [-0.3, -0.25) is 0 Å². The third kappa shape index (κ3) is 2.33. The highest BCUT2D eigenvalue weighted by atomic mass is 16.7. The molecule has 0 radical (unpaired) electrons. The summed E-state index contributed by atoms with van der Waals surface area (Å²) in [4.78, 5) is 20.3. The molecule has 0 spiro atoms. The fourth-order valence-electron chi connectivity index (χ4n) is 2.14. The quantitative estimate of drug-likeness (QED) is 0.782. The lowest BCUT2D eigenvalue weighted by molar-refractivity contribution is -0.153. The van der Waals surface area contributed by atoms with Crippen LogP contribution in [0, 0.1) is 5.92 Å². The van der Waals surface area contributed by atoms with Gasteiger partial charge in [0.15, 0.2) is 0 Å². The van der Waals surface area contributed by atoms with E-state index in [9.17, 15) is 4.79 Å². The minimum Gasteiger partial charge on any atom is -0.378 e. The highest BCUT2D eigenvalue weighted by Gasteiger charge is 2.27. The van der Waals surface area contributed by atoms with Crippen molar-refractivity contribution in [2.24, 2.45) is 5.92 Å². The molecular weight excluding hydrogens is 234 g/mol. The Balaban J connectivity index is 1.60. The average Bonchev–Trinajstić information content (AvgIpc) is 2.76. The number of nitrogens with zero attached hydrogens (tertiary/aromatic N) is 3. The topological polar surface area (TPSA) is 56.6 Å². The molecule has 0 atom stereocenters. The molecule has 1 aliphatic carbocycles. The van der Waals surface area contributed by atoms with Crippen LogP contribution in [0.25, 0.3) is 0 Å². The van der Waals surface area contributed by atoms with Gasteiger partial charge in [-0.15, -0.1) is 5.10 Å². The van der Waals surface area contributed by atoms with E-state index in [1.165, 1.54) is 4.85 Å². The van der Waals surface area contributed by atoms with Crippen LogP contribution in [0.4, 0.5) is 5.69 Å². The van der Waals surface area contributed by atoms with Gasteiger partial charge in [-0.2, -0.15) is 0 Å². The number of rotatable bonds is 3. The molecular formula is C12H17N3O3. The molecule has 18 heavy (non-hydrogen) atoms. The van der Waals surface area contributed by atoms with E-state index in [2.05, 4.69) is 10.00 Å². The number of carbonyl (C=O) groups excluding carboxylic acids is 1. The summed E-state index contributed by atoms with van der Waals surface area (Å²) < 4.78 is 5.29. The van der Waals surface area contributed by atoms with Crippen molar-refractivity contribution in [1.82, 2.24) is 9.94 Å². The summed E-state index contributed by atoms with van der Waals surface area (Å²) in [5.74, 6) is -0.0982. The molecule has 1 aliphatic heterocycles. The van der Waals surface area contributed by atoms with Crippen LogP contribution < -0.4 is 9.74 Å². The van der Waals surface area contributed by atoms with E-state index in [0.717, 1.165) is 51.3 Å². The summed E-state index contributed by atoms with van der Waals surface area (Å²) in [6, 6.07) is 0. The minimum absolute atomic E-state index is 0.0704. The molecule has 0 aromatic carbocycles. The van der Waals surface area contributed by atoms with Crippen LogP contribution in [-0.4, -0.2) is 42.2 Å². The third-order valence-electron chi connectivity index (χ3n) is 3.54. The Morgan fingerprint density at radius 2 is 2.17 bits per heavy atom. The molecule has 1 saturated carbocycles. The summed E-state index contributed by atoms with van der Waals surface area (Å²) in [5, 5.41) is 4.06. The number of carbonyl (C=O) groups is 1. The van der Waals surface area contributed by atoms with Gasteiger partial charge in [0.2, 0.25) is 0 Å². The molecule has 2 aliphatic rings. The maximum absolute atomic E-state index is 11.7. The Morgan fingerprint density at radius 1 is 1.39 bits per heavy atom. The van der Waals surface area contributed by atoms with Crippen molar-refractivity contribution in [3.05, 3.63) is 12.4 Å². The molecule has 2 heterocycles. The molecule has 2 fully saturated rings. The molecule has 98 valence electrons. The average molecular weight is 251 g/mol. The molecule has 6 heteroatoms. The van der Waals surface area contributed by atoms with Gasteiger partial charge >= 0.3 is 5.97 Å². The second-order valence-corrected chi connectivity index (χ2v) is 4.74. The Labute approximate surface area is 105 Å². The van der Waals surface area contributed by atoms with E-state index < -0.39 is 0 Å². The molecule has 0 unspecified atom stereocenters. The molecule has 3 rings (SSSR count). The Bertz CT molecular complexity index is 422. The third-order valence-corrected chi connectivity index (χ3v) is 3.54. The van der Waals surface area contributed by atoms with Crippen molar-refractivity contribution in [2.45, 2.75) is 19.3 Å². The van der Waals surface area contributed by atoms with Crippen molar-refractivity contribution in [2.75, 3.05) is 31.2 Å². The Kier molecular flexibility index (Phi) is 3.19. The van der Waals surface area contributed by atoms with Gasteiger partial charge in [0.1, 0.15) is 0 Å². The predicted octanol–water partition coefficient (Wildman–Crippen LogP) is 0.475. The monoisotopic (exact) mass is 251 g/mol. The zero-order chi connectivity index (χ0) is 12.4. The fraction of sp³-hybridized carbons (Fsp3) is 0.667. The second kappa shape index (κ2) is 4.97. The molecule has 1 aromatic heterocycles. The lowest BCUT2D eigenvalue weighted by Crippen LogP contribution is -2.36. The van der Waals surface area contributed by atoms with Gasteiger partial charge in [-0.1, -0.05) is 11.3 Å². The highest BCUT2D eigenvalue weighted by Crippen LogP contribution is 2.26. The molecule has 0 bridgehead atoms. The van der Waals surface area contributed by atoms with Crippen molar-refractivity contribution < 1.29 is 14.4 Å². The van der Waals surface area contributed by atoms with Crippen LogP contribution in [0.1, 0.15) is 19.3 Å². The van der Waals surface area contributed by atoms with Gasteiger partial charge in [0, 0.05) is 13.1 Å². The van der Waals surface area contributed by atoms with E-state index in [1.807, 2.05) is 0 Å². The number of anilines is 1. The Hall–Kier alpha value is -1.56. The van der Waals surface area contributed by atoms with E-state index >= 15 is 0 Å². The van der Waals surface area contributed by atoms with E-state index in [4.69, 9.17) is 9.57 Å². The number of hydrogen-bond acceptors (Lipinski definition) is 5. The summed E-state index contributed by atoms with van der Waals surface area (Å²) in [7, 11) is 0. The van der Waals surface area contributed by atoms with E-state index in [1.54, 1.807) is 12.4 Å². The second-order valence-electron chi connectivity index (χ2n) is 4.74. The van der Waals surface area contributed by atoms with Gasteiger partial charge in [0.25, 0.3) is 0 Å². The van der Waals surface area contributed by atoms with Crippen molar-refractivity contribution in [3.8, 4) is 0 Å².